The fourth-order valence-corrected chi connectivity index (χ4v) is 1.97. The van der Waals surface area contributed by atoms with Gasteiger partial charge in [0.15, 0.2) is 0 Å². The summed E-state index contributed by atoms with van der Waals surface area (Å²) in [5.74, 6) is 1.42. The van der Waals surface area contributed by atoms with Crippen molar-refractivity contribution in [2.45, 2.75) is 19.4 Å². The molecule has 0 aliphatic carbocycles. The fourth-order valence-electron chi connectivity index (χ4n) is 1.97. The van der Waals surface area contributed by atoms with Crippen LogP contribution in [-0.4, -0.2) is 25.2 Å². The Morgan fingerprint density at radius 2 is 2.00 bits per heavy atom. The molecule has 4 heteroatoms. The third-order valence-electron chi connectivity index (χ3n) is 2.80. The van der Waals surface area contributed by atoms with Gasteiger partial charge in [-0.05, 0) is 31.5 Å². The van der Waals surface area contributed by atoms with Gasteiger partial charge in [0.05, 0.1) is 19.7 Å². The molecule has 0 radical (unpaired) electrons. The van der Waals surface area contributed by atoms with E-state index < -0.39 is 0 Å². The minimum Gasteiger partial charge on any atom is -0.497 e. The molecular weight excluding hydrogens is 228 g/mol. The molecule has 1 unspecified atom stereocenters. The lowest BCUT2D eigenvalue weighted by molar-refractivity contribution is 0.392. The lowest BCUT2D eigenvalue weighted by atomic mass is 10.1. The van der Waals surface area contributed by atoms with E-state index in [0.29, 0.717) is 5.88 Å². The summed E-state index contributed by atoms with van der Waals surface area (Å²) < 4.78 is 10.5. The Hall–Kier alpha value is -1.81. The standard InChI is InChI=1S/C14H18N2O2/c1-9(15)6-11-7-10-4-5-12(17-2)8-13(10)16-14(11)18-3/h4-5,7-9H,6,15H2,1-3H3. The summed E-state index contributed by atoms with van der Waals surface area (Å²) in [7, 11) is 3.27. The molecule has 18 heavy (non-hydrogen) atoms. The maximum Gasteiger partial charge on any atom is 0.216 e. The first-order chi connectivity index (χ1) is 8.63. The minimum atomic E-state index is 0.0800. The van der Waals surface area contributed by atoms with Crippen LogP contribution in [0, 0.1) is 0 Å². The van der Waals surface area contributed by atoms with Gasteiger partial charge < -0.3 is 15.2 Å². The maximum absolute atomic E-state index is 5.83. The van der Waals surface area contributed by atoms with E-state index in [9.17, 15) is 0 Å². The Morgan fingerprint density at radius 1 is 1.22 bits per heavy atom. The van der Waals surface area contributed by atoms with E-state index in [2.05, 4.69) is 11.1 Å². The van der Waals surface area contributed by atoms with Crippen molar-refractivity contribution < 1.29 is 9.47 Å². The smallest absolute Gasteiger partial charge is 0.216 e. The van der Waals surface area contributed by atoms with E-state index in [-0.39, 0.29) is 6.04 Å². The molecule has 2 aromatic rings. The molecule has 2 N–H and O–H groups in total. The van der Waals surface area contributed by atoms with Crippen molar-refractivity contribution in [2.24, 2.45) is 5.73 Å². The summed E-state index contributed by atoms with van der Waals surface area (Å²) in [6, 6.07) is 7.96. The number of hydrogen-bond acceptors (Lipinski definition) is 4. The summed E-state index contributed by atoms with van der Waals surface area (Å²) in [6.45, 7) is 1.97. The zero-order valence-electron chi connectivity index (χ0n) is 10.9. The quantitative estimate of drug-likeness (QED) is 0.898. The number of ether oxygens (including phenoxy) is 2. The number of hydrogen-bond donors (Lipinski definition) is 1. The fraction of sp³-hybridized carbons (Fsp3) is 0.357. The molecule has 0 aliphatic rings. The number of rotatable bonds is 4. The lowest BCUT2D eigenvalue weighted by Crippen LogP contribution is -2.18. The SMILES string of the molecule is COc1ccc2cc(CC(C)N)c(OC)nc2c1. The Kier molecular flexibility index (Phi) is 3.67. The number of fused-ring (bicyclic) bond motifs is 1. The highest BCUT2D eigenvalue weighted by Gasteiger charge is 2.09. The molecule has 0 amide bonds. The molecule has 2 rings (SSSR count). The monoisotopic (exact) mass is 246 g/mol. The summed E-state index contributed by atoms with van der Waals surface area (Å²) in [5, 5.41) is 1.06. The Labute approximate surface area is 107 Å². The van der Waals surface area contributed by atoms with Gasteiger partial charge in [0.2, 0.25) is 5.88 Å². The first-order valence-electron chi connectivity index (χ1n) is 5.91. The lowest BCUT2D eigenvalue weighted by Gasteiger charge is -2.11. The van der Waals surface area contributed by atoms with Gasteiger partial charge in [-0.15, -0.1) is 0 Å². The van der Waals surface area contributed by atoms with Crippen LogP contribution in [-0.2, 0) is 6.42 Å². The Bertz CT molecular complexity index is 553. The highest BCUT2D eigenvalue weighted by molar-refractivity contribution is 5.81. The van der Waals surface area contributed by atoms with E-state index in [1.54, 1.807) is 14.2 Å². The predicted molar refractivity (Wildman–Crippen MR) is 72.2 cm³/mol. The summed E-state index contributed by atoms with van der Waals surface area (Å²) in [4.78, 5) is 4.50. The minimum absolute atomic E-state index is 0.0800. The summed E-state index contributed by atoms with van der Waals surface area (Å²) >= 11 is 0. The second kappa shape index (κ2) is 5.23. The van der Waals surface area contributed by atoms with Gasteiger partial charge in [-0.25, -0.2) is 4.98 Å². The van der Waals surface area contributed by atoms with Gasteiger partial charge >= 0.3 is 0 Å². The molecule has 0 fully saturated rings. The number of nitrogens with zero attached hydrogens (tertiary/aromatic N) is 1. The number of pyridine rings is 1. The van der Waals surface area contributed by atoms with Gasteiger partial charge in [0.1, 0.15) is 5.75 Å². The van der Waals surface area contributed by atoms with Crippen molar-refractivity contribution in [1.29, 1.82) is 0 Å². The number of benzene rings is 1. The van der Waals surface area contributed by atoms with Crippen LogP contribution in [0.2, 0.25) is 0 Å². The van der Waals surface area contributed by atoms with Gasteiger partial charge in [-0.2, -0.15) is 0 Å². The Morgan fingerprint density at radius 3 is 2.61 bits per heavy atom. The van der Waals surface area contributed by atoms with Crippen molar-refractivity contribution in [3.63, 3.8) is 0 Å². The van der Waals surface area contributed by atoms with Crippen LogP contribution in [0.3, 0.4) is 0 Å². The van der Waals surface area contributed by atoms with Crippen molar-refractivity contribution in [1.82, 2.24) is 4.98 Å². The second-order valence-electron chi connectivity index (χ2n) is 4.40. The van der Waals surface area contributed by atoms with Crippen LogP contribution in [0.5, 0.6) is 11.6 Å². The van der Waals surface area contributed by atoms with Crippen LogP contribution in [0.25, 0.3) is 10.9 Å². The van der Waals surface area contributed by atoms with Crippen molar-refractivity contribution >= 4 is 10.9 Å². The second-order valence-corrected chi connectivity index (χ2v) is 4.40. The molecule has 0 saturated carbocycles. The molecule has 0 aliphatic heterocycles. The highest BCUT2D eigenvalue weighted by atomic mass is 16.5. The maximum atomic E-state index is 5.83. The highest BCUT2D eigenvalue weighted by Crippen LogP contribution is 2.26. The number of nitrogens with two attached hydrogens (primary N) is 1. The molecule has 0 spiro atoms. The predicted octanol–water partition coefficient (Wildman–Crippen LogP) is 2.14. The zero-order chi connectivity index (χ0) is 13.1. The van der Waals surface area contributed by atoms with E-state index in [1.165, 1.54) is 0 Å². The average molecular weight is 246 g/mol. The molecule has 0 bridgehead atoms. The van der Waals surface area contributed by atoms with E-state index in [0.717, 1.165) is 28.6 Å². The molecule has 4 nitrogen and oxygen atoms in total. The Balaban J connectivity index is 2.53. The normalized spacial score (nSPS) is 12.4. The van der Waals surface area contributed by atoms with E-state index in [1.807, 2.05) is 25.1 Å². The first kappa shape index (κ1) is 12.6. The zero-order valence-corrected chi connectivity index (χ0v) is 10.9. The van der Waals surface area contributed by atoms with E-state index >= 15 is 0 Å². The van der Waals surface area contributed by atoms with Gasteiger partial charge in [-0.1, -0.05) is 0 Å². The van der Waals surface area contributed by atoms with Crippen molar-refractivity contribution in [2.75, 3.05) is 14.2 Å². The first-order valence-corrected chi connectivity index (χ1v) is 5.91. The van der Waals surface area contributed by atoms with Crippen LogP contribution in [0.1, 0.15) is 12.5 Å². The van der Waals surface area contributed by atoms with Crippen molar-refractivity contribution in [3.8, 4) is 11.6 Å². The molecule has 1 aromatic carbocycles. The molecular formula is C14H18N2O2. The number of methoxy groups -OCH3 is 2. The summed E-state index contributed by atoms with van der Waals surface area (Å²) in [6.07, 6.45) is 0.748. The molecule has 1 aromatic heterocycles. The third-order valence-corrected chi connectivity index (χ3v) is 2.80. The average Bonchev–Trinajstić information content (AvgIpc) is 2.36. The van der Waals surface area contributed by atoms with Crippen LogP contribution in [0.15, 0.2) is 24.3 Å². The van der Waals surface area contributed by atoms with Gasteiger partial charge in [0.25, 0.3) is 0 Å². The summed E-state index contributed by atoms with van der Waals surface area (Å²) in [5.41, 5.74) is 7.73. The van der Waals surface area contributed by atoms with Crippen molar-refractivity contribution in [3.05, 3.63) is 29.8 Å². The largest absolute Gasteiger partial charge is 0.497 e. The van der Waals surface area contributed by atoms with E-state index in [4.69, 9.17) is 15.2 Å². The molecule has 1 atom stereocenters. The molecule has 1 heterocycles. The number of aromatic nitrogens is 1. The van der Waals surface area contributed by atoms with Gasteiger partial charge in [0, 0.05) is 23.1 Å². The van der Waals surface area contributed by atoms with Crippen LogP contribution in [0.4, 0.5) is 0 Å². The van der Waals surface area contributed by atoms with Crippen LogP contribution < -0.4 is 15.2 Å². The van der Waals surface area contributed by atoms with Crippen LogP contribution >= 0.6 is 0 Å². The molecule has 96 valence electrons. The third kappa shape index (κ3) is 2.54. The van der Waals surface area contributed by atoms with Gasteiger partial charge in [-0.3, -0.25) is 0 Å². The molecule has 0 saturated heterocycles. The topological polar surface area (TPSA) is 57.4 Å².